The highest BCUT2D eigenvalue weighted by Gasteiger charge is 2.13. The molecule has 0 unspecified atom stereocenters. The third-order valence-corrected chi connectivity index (χ3v) is 2.69. The minimum Gasteiger partial charge on any atom is -0.288 e. The Balaban J connectivity index is 2.03. The molecule has 0 radical (unpaired) electrons. The van der Waals surface area contributed by atoms with Crippen molar-refractivity contribution in [3.05, 3.63) is 29.0 Å². The second-order valence-corrected chi connectivity index (χ2v) is 4.22. The van der Waals surface area contributed by atoms with Crippen molar-refractivity contribution in [1.82, 2.24) is 25.2 Å². The van der Waals surface area contributed by atoms with Crippen LogP contribution in [0.5, 0.6) is 0 Å². The summed E-state index contributed by atoms with van der Waals surface area (Å²) >= 11 is 5.83. The Morgan fingerprint density at radius 3 is 3.11 bits per heavy atom. The van der Waals surface area contributed by atoms with Crippen molar-refractivity contribution in [2.75, 3.05) is 5.32 Å². The number of rotatable bonds is 5. The van der Waals surface area contributed by atoms with Crippen LogP contribution in [0.4, 0.5) is 5.95 Å². The lowest BCUT2D eigenvalue weighted by molar-refractivity contribution is 0.102. The lowest BCUT2D eigenvalue weighted by Gasteiger charge is -2.01. The van der Waals surface area contributed by atoms with Crippen molar-refractivity contribution in [2.24, 2.45) is 0 Å². The molecule has 100 valence electrons. The number of nitrogens with zero attached hydrogens (tertiary/aromatic N) is 5. The summed E-state index contributed by atoms with van der Waals surface area (Å²) in [5.74, 6) is -0.255. The van der Waals surface area contributed by atoms with Gasteiger partial charge in [-0.3, -0.25) is 10.1 Å². The van der Waals surface area contributed by atoms with E-state index in [4.69, 9.17) is 11.6 Å². The molecule has 8 heteroatoms. The number of hydrogen-bond donors (Lipinski definition) is 1. The standard InChI is InChI=1S/C11H13ClN6O/c1-2-3-7-18-16-11(15-17-18)14-10(19)8-5-4-6-13-9(8)12/h4-6H,2-3,7H2,1H3,(H,14,16,19). The third-order valence-electron chi connectivity index (χ3n) is 2.39. The monoisotopic (exact) mass is 280 g/mol. The molecule has 1 N–H and O–H groups in total. The van der Waals surface area contributed by atoms with E-state index in [9.17, 15) is 4.79 Å². The summed E-state index contributed by atoms with van der Waals surface area (Å²) in [5.41, 5.74) is 0.272. The normalized spacial score (nSPS) is 10.4. The predicted octanol–water partition coefficient (Wildman–Crippen LogP) is 1.77. The van der Waals surface area contributed by atoms with E-state index in [-0.39, 0.29) is 16.7 Å². The molecule has 2 aromatic rings. The Hall–Kier alpha value is -2.02. The molecule has 7 nitrogen and oxygen atoms in total. The van der Waals surface area contributed by atoms with E-state index >= 15 is 0 Å². The zero-order valence-corrected chi connectivity index (χ0v) is 11.1. The fourth-order valence-corrected chi connectivity index (χ4v) is 1.62. The maximum absolute atomic E-state index is 11.9. The molecule has 0 aliphatic carbocycles. The summed E-state index contributed by atoms with van der Waals surface area (Å²) in [6.45, 7) is 2.75. The Morgan fingerprint density at radius 1 is 1.53 bits per heavy atom. The molecule has 2 heterocycles. The lowest BCUT2D eigenvalue weighted by atomic mass is 10.3. The van der Waals surface area contributed by atoms with E-state index in [0.717, 1.165) is 12.8 Å². The fourth-order valence-electron chi connectivity index (χ4n) is 1.41. The quantitative estimate of drug-likeness (QED) is 0.844. The van der Waals surface area contributed by atoms with Crippen LogP contribution in [-0.4, -0.2) is 31.1 Å². The smallest absolute Gasteiger partial charge is 0.270 e. The van der Waals surface area contributed by atoms with Gasteiger partial charge in [-0.2, -0.15) is 4.80 Å². The third kappa shape index (κ3) is 3.47. The average molecular weight is 281 g/mol. The summed E-state index contributed by atoms with van der Waals surface area (Å²) in [5, 5.41) is 14.3. The number of aryl methyl sites for hydroxylation is 1. The van der Waals surface area contributed by atoms with Crippen LogP contribution in [-0.2, 0) is 6.54 Å². The van der Waals surface area contributed by atoms with Crippen molar-refractivity contribution >= 4 is 23.5 Å². The van der Waals surface area contributed by atoms with E-state index in [1.807, 2.05) is 0 Å². The van der Waals surface area contributed by atoms with Crippen LogP contribution in [0.15, 0.2) is 18.3 Å². The van der Waals surface area contributed by atoms with E-state index in [1.165, 1.54) is 11.0 Å². The summed E-state index contributed by atoms with van der Waals surface area (Å²) in [6.07, 6.45) is 3.51. The Bertz CT molecular complexity index is 570. The first-order valence-corrected chi connectivity index (χ1v) is 6.28. The van der Waals surface area contributed by atoms with Gasteiger partial charge in [0.05, 0.1) is 12.1 Å². The van der Waals surface area contributed by atoms with Crippen molar-refractivity contribution < 1.29 is 4.79 Å². The zero-order valence-electron chi connectivity index (χ0n) is 10.4. The summed E-state index contributed by atoms with van der Waals surface area (Å²) in [6, 6.07) is 3.21. The summed E-state index contributed by atoms with van der Waals surface area (Å²) in [4.78, 5) is 17.2. The number of hydrogen-bond acceptors (Lipinski definition) is 5. The molecule has 0 aliphatic rings. The van der Waals surface area contributed by atoms with Crippen LogP contribution >= 0.6 is 11.6 Å². The molecule has 0 spiro atoms. The SMILES string of the molecule is CCCCn1nnc(NC(=O)c2cccnc2Cl)n1. The highest BCUT2D eigenvalue weighted by molar-refractivity contribution is 6.33. The molecule has 0 fully saturated rings. The van der Waals surface area contributed by atoms with Crippen molar-refractivity contribution in [1.29, 1.82) is 0 Å². The van der Waals surface area contributed by atoms with Crippen LogP contribution in [0, 0.1) is 0 Å². The maximum atomic E-state index is 11.9. The highest BCUT2D eigenvalue weighted by Crippen LogP contribution is 2.12. The molecule has 19 heavy (non-hydrogen) atoms. The van der Waals surface area contributed by atoms with Crippen LogP contribution < -0.4 is 5.32 Å². The number of nitrogens with one attached hydrogen (secondary N) is 1. The molecule has 0 aliphatic heterocycles. The van der Waals surface area contributed by atoms with Gasteiger partial charge in [-0.15, -0.1) is 5.10 Å². The fraction of sp³-hybridized carbons (Fsp3) is 0.364. The van der Waals surface area contributed by atoms with Gasteiger partial charge in [0, 0.05) is 6.20 Å². The first-order valence-electron chi connectivity index (χ1n) is 5.90. The number of amides is 1. The van der Waals surface area contributed by atoms with Gasteiger partial charge in [-0.05, 0) is 23.8 Å². The average Bonchev–Trinajstić information content (AvgIpc) is 2.84. The summed E-state index contributed by atoms with van der Waals surface area (Å²) < 4.78 is 0. The van der Waals surface area contributed by atoms with Gasteiger partial charge < -0.3 is 0 Å². The number of pyridine rings is 1. The van der Waals surface area contributed by atoms with E-state index in [0.29, 0.717) is 6.54 Å². The first-order chi connectivity index (χ1) is 9.20. The van der Waals surface area contributed by atoms with Crippen molar-refractivity contribution in [2.45, 2.75) is 26.3 Å². The second kappa shape index (κ2) is 6.24. The molecule has 0 atom stereocenters. The molecule has 2 aromatic heterocycles. The molecule has 0 saturated heterocycles. The number of aromatic nitrogens is 5. The Morgan fingerprint density at radius 2 is 2.37 bits per heavy atom. The van der Waals surface area contributed by atoms with Crippen LogP contribution in [0.2, 0.25) is 5.15 Å². The van der Waals surface area contributed by atoms with Gasteiger partial charge in [0.25, 0.3) is 11.9 Å². The topological polar surface area (TPSA) is 85.6 Å². The van der Waals surface area contributed by atoms with Gasteiger partial charge in [-0.25, -0.2) is 4.98 Å². The van der Waals surface area contributed by atoms with Crippen LogP contribution in [0.3, 0.4) is 0 Å². The second-order valence-electron chi connectivity index (χ2n) is 3.86. The Kier molecular flexibility index (Phi) is 4.40. The Labute approximate surface area is 115 Å². The largest absolute Gasteiger partial charge is 0.288 e. The molecule has 0 saturated carbocycles. The van der Waals surface area contributed by atoms with Gasteiger partial charge in [0.2, 0.25) is 0 Å². The minimum atomic E-state index is -0.409. The maximum Gasteiger partial charge on any atom is 0.270 e. The highest BCUT2D eigenvalue weighted by atomic mass is 35.5. The van der Waals surface area contributed by atoms with Gasteiger partial charge in [0.15, 0.2) is 0 Å². The predicted molar refractivity (Wildman–Crippen MR) is 69.9 cm³/mol. The van der Waals surface area contributed by atoms with Gasteiger partial charge in [0.1, 0.15) is 5.15 Å². The molecular weight excluding hydrogens is 268 g/mol. The number of tetrazole rings is 1. The summed E-state index contributed by atoms with van der Waals surface area (Å²) in [7, 11) is 0. The molecular formula is C11H13ClN6O. The van der Waals surface area contributed by atoms with E-state index < -0.39 is 5.91 Å². The number of carbonyl (C=O) groups excluding carboxylic acids is 1. The van der Waals surface area contributed by atoms with Crippen molar-refractivity contribution in [3.8, 4) is 0 Å². The van der Waals surface area contributed by atoms with E-state index in [2.05, 4.69) is 32.6 Å². The number of anilines is 1. The van der Waals surface area contributed by atoms with Gasteiger partial charge >= 0.3 is 0 Å². The van der Waals surface area contributed by atoms with Crippen molar-refractivity contribution in [3.63, 3.8) is 0 Å². The lowest BCUT2D eigenvalue weighted by Crippen LogP contribution is -2.14. The van der Waals surface area contributed by atoms with E-state index in [1.54, 1.807) is 12.1 Å². The minimum absolute atomic E-state index is 0.137. The number of unbranched alkanes of at least 4 members (excludes halogenated alkanes) is 1. The zero-order chi connectivity index (χ0) is 13.7. The molecule has 0 bridgehead atoms. The first kappa shape index (κ1) is 13.4. The number of carbonyl (C=O) groups is 1. The molecule has 2 rings (SSSR count). The van der Waals surface area contributed by atoms with Gasteiger partial charge in [-0.1, -0.05) is 30.0 Å². The number of halogens is 1. The van der Waals surface area contributed by atoms with Crippen LogP contribution in [0.25, 0.3) is 0 Å². The molecule has 1 amide bonds. The molecule has 0 aromatic carbocycles. The van der Waals surface area contributed by atoms with Crippen LogP contribution in [0.1, 0.15) is 30.1 Å².